The number of ketones is 1. The van der Waals surface area contributed by atoms with Crippen LogP contribution in [0.15, 0.2) is 78.9 Å². The standard InChI is InChI=1S/C33H38O2/c1-23(2)8-18-32(34)30-17-15-27-13-12-25(20-31(27)22-30)11-9-24(3)10-19-33(35)29-16-14-26-6-4-5-7-28(26)21-29/h4-7,12-17,20-24,33,35H,8-11,18-19H2,1-3H3. The van der Waals surface area contributed by atoms with Gasteiger partial charge in [0.2, 0.25) is 0 Å². The number of hydrogen-bond donors (Lipinski definition) is 1. The summed E-state index contributed by atoms with van der Waals surface area (Å²) in [5, 5.41) is 15.5. The van der Waals surface area contributed by atoms with E-state index in [0.717, 1.165) is 48.6 Å². The summed E-state index contributed by atoms with van der Waals surface area (Å²) in [7, 11) is 0. The Balaban J connectivity index is 1.31. The van der Waals surface area contributed by atoms with E-state index < -0.39 is 6.10 Å². The summed E-state index contributed by atoms with van der Waals surface area (Å²) in [5.74, 6) is 1.32. The average molecular weight is 467 g/mol. The first-order valence-corrected chi connectivity index (χ1v) is 13.1. The van der Waals surface area contributed by atoms with Crippen LogP contribution in [0.1, 0.15) is 80.5 Å². The highest BCUT2D eigenvalue weighted by Crippen LogP contribution is 2.27. The number of benzene rings is 4. The molecule has 4 rings (SSSR count). The molecule has 0 heterocycles. The van der Waals surface area contributed by atoms with Gasteiger partial charge in [0.25, 0.3) is 0 Å². The van der Waals surface area contributed by atoms with Crippen LogP contribution < -0.4 is 0 Å². The fourth-order valence-electron chi connectivity index (χ4n) is 4.77. The minimum Gasteiger partial charge on any atom is -0.388 e. The Morgan fingerprint density at radius 2 is 1.43 bits per heavy atom. The van der Waals surface area contributed by atoms with Gasteiger partial charge in [-0.1, -0.05) is 87.5 Å². The Kier molecular flexibility index (Phi) is 8.36. The molecule has 0 aliphatic carbocycles. The Hall–Kier alpha value is -2.97. The first kappa shape index (κ1) is 25.1. The van der Waals surface area contributed by atoms with Crippen LogP contribution in [-0.2, 0) is 6.42 Å². The lowest BCUT2D eigenvalue weighted by Crippen LogP contribution is -2.03. The van der Waals surface area contributed by atoms with Crippen molar-refractivity contribution >= 4 is 27.3 Å². The maximum Gasteiger partial charge on any atom is 0.162 e. The predicted molar refractivity (Wildman–Crippen MR) is 148 cm³/mol. The number of aryl methyl sites for hydroxylation is 1. The Morgan fingerprint density at radius 3 is 2.23 bits per heavy atom. The maximum absolute atomic E-state index is 12.6. The van der Waals surface area contributed by atoms with Crippen molar-refractivity contribution in [2.24, 2.45) is 11.8 Å². The summed E-state index contributed by atoms with van der Waals surface area (Å²) in [4.78, 5) is 12.6. The van der Waals surface area contributed by atoms with Gasteiger partial charge < -0.3 is 5.11 Å². The van der Waals surface area contributed by atoms with E-state index in [1.807, 2.05) is 18.2 Å². The molecule has 0 amide bonds. The molecule has 35 heavy (non-hydrogen) atoms. The molecule has 0 aliphatic rings. The molecule has 2 atom stereocenters. The lowest BCUT2D eigenvalue weighted by molar-refractivity contribution is 0.0975. The van der Waals surface area contributed by atoms with Crippen molar-refractivity contribution in [1.29, 1.82) is 0 Å². The van der Waals surface area contributed by atoms with Crippen molar-refractivity contribution in [2.45, 2.75) is 65.4 Å². The molecular formula is C33H38O2. The highest BCUT2D eigenvalue weighted by molar-refractivity contribution is 6.00. The van der Waals surface area contributed by atoms with Crippen LogP contribution in [0.4, 0.5) is 0 Å². The number of aliphatic hydroxyl groups is 1. The predicted octanol–water partition coefficient (Wildman–Crippen LogP) is 8.69. The molecule has 2 heteroatoms. The summed E-state index contributed by atoms with van der Waals surface area (Å²) < 4.78 is 0. The lowest BCUT2D eigenvalue weighted by atomic mass is 9.92. The molecule has 0 fully saturated rings. The third-order valence-electron chi connectivity index (χ3n) is 7.19. The smallest absolute Gasteiger partial charge is 0.162 e. The van der Waals surface area contributed by atoms with Gasteiger partial charge in [-0.15, -0.1) is 0 Å². The number of hydrogen-bond acceptors (Lipinski definition) is 2. The van der Waals surface area contributed by atoms with E-state index in [9.17, 15) is 9.90 Å². The quantitative estimate of drug-likeness (QED) is 0.224. The number of carbonyl (C=O) groups excluding carboxylic acids is 1. The van der Waals surface area contributed by atoms with Gasteiger partial charge >= 0.3 is 0 Å². The molecule has 2 unspecified atom stereocenters. The zero-order valence-corrected chi connectivity index (χ0v) is 21.3. The van der Waals surface area contributed by atoms with E-state index >= 15 is 0 Å². The molecule has 0 aromatic heterocycles. The summed E-state index contributed by atoms with van der Waals surface area (Å²) >= 11 is 0. The van der Waals surface area contributed by atoms with Crippen LogP contribution in [0.2, 0.25) is 0 Å². The van der Waals surface area contributed by atoms with Crippen LogP contribution in [0.25, 0.3) is 21.5 Å². The molecule has 0 radical (unpaired) electrons. The zero-order chi connectivity index (χ0) is 24.8. The third kappa shape index (κ3) is 6.80. The Morgan fingerprint density at radius 1 is 0.714 bits per heavy atom. The Labute approximate surface area is 210 Å². The van der Waals surface area contributed by atoms with Crippen molar-refractivity contribution in [2.75, 3.05) is 0 Å². The van der Waals surface area contributed by atoms with Gasteiger partial charge in [0.05, 0.1) is 6.10 Å². The molecule has 0 saturated heterocycles. The topological polar surface area (TPSA) is 37.3 Å². The van der Waals surface area contributed by atoms with Crippen molar-refractivity contribution < 1.29 is 9.90 Å². The number of Topliss-reactive ketones (excluding diaryl/α,β-unsaturated/α-hetero) is 1. The molecule has 1 N–H and O–H groups in total. The average Bonchev–Trinajstić information content (AvgIpc) is 2.88. The minimum absolute atomic E-state index is 0.240. The fourth-order valence-corrected chi connectivity index (χ4v) is 4.77. The summed E-state index contributed by atoms with van der Waals surface area (Å²) in [6, 6.07) is 27.3. The van der Waals surface area contributed by atoms with Crippen molar-refractivity contribution in [3.8, 4) is 0 Å². The fraction of sp³-hybridized carbons (Fsp3) is 0.364. The Bertz CT molecular complexity index is 1290. The van der Waals surface area contributed by atoms with Gasteiger partial charge in [0.15, 0.2) is 5.78 Å². The van der Waals surface area contributed by atoms with Gasteiger partial charge in [-0.3, -0.25) is 4.79 Å². The SMILES string of the molecule is CC(C)CCC(=O)c1ccc2ccc(CCC(C)CCC(O)c3ccc4ccccc4c3)cc2c1. The largest absolute Gasteiger partial charge is 0.388 e. The van der Waals surface area contributed by atoms with Gasteiger partial charge in [-0.05, 0) is 88.7 Å². The molecule has 182 valence electrons. The first-order chi connectivity index (χ1) is 16.9. The second-order valence-corrected chi connectivity index (χ2v) is 10.6. The van der Waals surface area contributed by atoms with E-state index in [-0.39, 0.29) is 5.78 Å². The van der Waals surface area contributed by atoms with Crippen molar-refractivity contribution in [1.82, 2.24) is 0 Å². The number of rotatable bonds is 11. The molecule has 0 saturated carbocycles. The highest BCUT2D eigenvalue weighted by atomic mass is 16.3. The zero-order valence-electron chi connectivity index (χ0n) is 21.3. The highest BCUT2D eigenvalue weighted by Gasteiger charge is 2.12. The molecule has 0 aliphatic heterocycles. The summed E-state index contributed by atoms with van der Waals surface area (Å²) in [6.45, 7) is 6.59. The van der Waals surface area contributed by atoms with Crippen LogP contribution >= 0.6 is 0 Å². The van der Waals surface area contributed by atoms with Crippen LogP contribution in [0.5, 0.6) is 0 Å². The lowest BCUT2D eigenvalue weighted by Gasteiger charge is -2.16. The van der Waals surface area contributed by atoms with Gasteiger partial charge in [-0.25, -0.2) is 0 Å². The molecule has 0 bridgehead atoms. The van der Waals surface area contributed by atoms with E-state index in [1.165, 1.54) is 21.7 Å². The molecule has 4 aromatic rings. The van der Waals surface area contributed by atoms with Gasteiger partial charge in [-0.2, -0.15) is 0 Å². The van der Waals surface area contributed by atoms with E-state index in [0.29, 0.717) is 18.3 Å². The molecule has 4 aromatic carbocycles. The minimum atomic E-state index is -0.422. The summed E-state index contributed by atoms with van der Waals surface area (Å²) in [6.07, 6.45) is 5.00. The normalized spacial score (nSPS) is 13.4. The van der Waals surface area contributed by atoms with Gasteiger partial charge in [0.1, 0.15) is 0 Å². The van der Waals surface area contributed by atoms with Crippen LogP contribution in [-0.4, -0.2) is 10.9 Å². The first-order valence-electron chi connectivity index (χ1n) is 13.1. The second kappa shape index (κ2) is 11.6. The second-order valence-electron chi connectivity index (χ2n) is 10.6. The summed E-state index contributed by atoms with van der Waals surface area (Å²) in [5.41, 5.74) is 3.14. The van der Waals surface area contributed by atoms with Gasteiger partial charge in [0, 0.05) is 12.0 Å². The van der Waals surface area contributed by atoms with E-state index in [1.54, 1.807) is 0 Å². The number of fused-ring (bicyclic) bond motifs is 2. The van der Waals surface area contributed by atoms with Crippen LogP contribution in [0.3, 0.4) is 0 Å². The molecule has 0 spiro atoms. The van der Waals surface area contributed by atoms with E-state index in [2.05, 4.69) is 81.4 Å². The molecular weight excluding hydrogens is 428 g/mol. The monoisotopic (exact) mass is 466 g/mol. The van der Waals surface area contributed by atoms with Crippen molar-refractivity contribution in [3.63, 3.8) is 0 Å². The van der Waals surface area contributed by atoms with Crippen LogP contribution in [0, 0.1) is 11.8 Å². The number of aliphatic hydroxyl groups excluding tert-OH is 1. The van der Waals surface area contributed by atoms with Crippen molar-refractivity contribution in [3.05, 3.63) is 95.6 Å². The third-order valence-corrected chi connectivity index (χ3v) is 7.19. The van der Waals surface area contributed by atoms with E-state index in [4.69, 9.17) is 0 Å². The number of carbonyl (C=O) groups is 1. The maximum atomic E-state index is 12.6. The molecule has 2 nitrogen and oxygen atoms in total.